The molecule has 34 heavy (non-hydrogen) atoms. The summed E-state index contributed by atoms with van der Waals surface area (Å²) in [5.74, 6) is 0.683. The Kier molecular flexibility index (Phi) is 6.22. The predicted molar refractivity (Wildman–Crippen MR) is 122 cm³/mol. The van der Waals surface area contributed by atoms with Crippen LogP contribution in [0.15, 0.2) is 0 Å². The van der Waals surface area contributed by atoms with Gasteiger partial charge in [0.05, 0.1) is 24.9 Å². The van der Waals surface area contributed by atoms with Crippen molar-refractivity contribution in [2.75, 3.05) is 13.2 Å². The molecule has 1 aliphatic heterocycles. The van der Waals surface area contributed by atoms with E-state index in [1.54, 1.807) is 0 Å². The van der Waals surface area contributed by atoms with Crippen molar-refractivity contribution in [1.82, 2.24) is 0 Å². The summed E-state index contributed by atoms with van der Waals surface area (Å²) < 4.78 is 11.7. The second kappa shape index (κ2) is 8.35. The van der Waals surface area contributed by atoms with E-state index in [0.29, 0.717) is 18.4 Å². The topological polar surface area (TPSA) is 140 Å². The van der Waals surface area contributed by atoms with Crippen LogP contribution in [0.2, 0.25) is 0 Å². The number of rotatable bonds is 4. The van der Waals surface area contributed by atoms with Crippen molar-refractivity contribution >= 4 is 0 Å². The highest BCUT2D eigenvalue weighted by Crippen LogP contribution is 2.72. The van der Waals surface area contributed by atoms with Crippen LogP contribution < -0.4 is 0 Å². The molecule has 0 aromatic rings. The number of aliphatic hydroxyl groups excluding tert-OH is 5. The highest BCUT2D eigenvalue weighted by molar-refractivity contribution is 5.18. The smallest absolute Gasteiger partial charge is 0.186 e. The quantitative estimate of drug-likeness (QED) is 0.346. The molecule has 5 rings (SSSR count). The summed E-state index contributed by atoms with van der Waals surface area (Å²) in [5, 5.41) is 62.2. The van der Waals surface area contributed by atoms with Crippen molar-refractivity contribution in [1.29, 1.82) is 0 Å². The summed E-state index contributed by atoms with van der Waals surface area (Å²) in [7, 11) is 0. The van der Waals surface area contributed by atoms with Gasteiger partial charge in [-0.25, -0.2) is 0 Å². The maximum atomic E-state index is 11.1. The predicted octanol–water partition coefficient (Wildman–Crippen LogP) is 0.938. The zero-order valence-corrected chi connectivity index (χ0v) is 20.8. The molecule has 8 nitrogen and oxygen atoms in total. The van der Waals surface area contributed by atoms with Gasteiger partial charge in [-0.15, -0.1) is 0 Å². The lowest BCUT2D eigenvalue weighted by Crippen LogP contribution is -2.61. The van der Waals surface area contributed by atoms with Crippen LogP contribution in [0.3, 0.4) is 0 Å². The average Bonchev–Trinajstić information content (AvgIpc) is 3.00. The van der Waals surface area contributed by atoms with Crippen molar-refractivity contribution in [3.8, 4) is 0 Å². The number of hydrogen-bond acceptors (Lipinski definition) is 8. The normalized spacial score (nSPS) is 59.4. The zero-order valence-electron chi connectivity index (χ0n) is 20.8. The van der Waals surface area contributed by atoms with Gasteiger partial charge in [-0.3, -0.25) is 0 Å². The lowest BCUT2D eigenvalue weighted by Gasteiger charge is -2.64. The maximum Gasteiger partial charge on any atom is 0.186 e. The Bertz CT molecular complexity index is 774. The molecule has 13 unspecified atom stereocenters. The van der Waals surface area contributed by atoms with Crippen molar-refractivity contribution in [3.05, 3.63) is 0 Å². The monoisotopic (exact) mass is 484 g/mol. The molecule has 196 valence electrons. The molecule has 0 aromatic carbocycles. The summed E-state index contributed by atoms with van der Waals surface area (Å²) in [6, 6.07) is 0. The Labute approximate surface area is 202 Å². The van der Waals surface area contributed by atoms with Crippen molar-refractivity contribution < 1.29 is 40.1 Å². The van der Waals surface area contributed by atoms with Crippen LogP contribution in [0.25, 0.3) is 0 Å². The summed E-state index contributed by atoms with van der Waals surface area (Å²) in [4.78, 5) is 0. The third-order valence-electron chi connectivity index (χ3n) is 11.1. The molecule has 0 radical (unpaired) electrons. The molecule has 8 heteroatoms. The molecule has 0 amide bonds. The second-order valence-electron chi connectivity index (χ2n) is 13.2. The highest BCUT2D eigenvalue weighted by atomic mass is 16.7. The molecule has 1 heterocycles. The lowest BCUT2D eigenvalue weighted by molar-refractivity contribution is -0.310. The van der Waals surface area contributed by atoms with Crippen LogP contribution in [0.1, 0.15) is 72.1 Å². The Morgan fingerprint density at radius 3 is 2.38 bits per heavy atom. The fourth-order valence-corrected chi connectivity index (χ4v) is 9.57. The van der Waals surface area contributed by atoms with E-state index in [2.05, 4.69) is 13.8 Å². The van der Waals surface area contributed by atoms with Gasteiger partial charge in [0.2, 0.25) is 0 Å². The number of aliphatic hydroxyl groups is 6. The second-order valence-corrected chi connectivity index (χ2v) is 13.2. The first-order valence-electron chi connectivity index (χ1n) is 13.2. The Morgan fingerprint density at radius 1 is 0.941 bits per heavy atom. The summed E-state index contributed by atoms with van der Waals surface area (Å²) in [6.07, 6.45) is 0.851. The van der Waals surface area contributed by atoms with E-state index in [1.165, 1.54) is 0 Å². The first-order valence-corrected chi connectivity index (χ1v) is 13.2. The van der Waals surface area contributed by atoms with E-state index in [4.69, 9.17) is 9.47 Å². The van der Waals surface area contributed by atoms with E-state index in [-0.39, 0.29) is 22.2 Å². The van der Waals surface area contributed by atoms with Crippen LogP contribution in [0, 0.1) is 34.0 Å². The van der Waals surface area contributed by atoms with Gasteiger partial charge in [-0.1, -0.05) is 20.3 Å². The van der Waals surface area contributed by atoms with Crippen molar-refractivity contribution in [2.24, 2.45) is 34.0 Å². The van der Waals surface area contributed by atoms with Crippen molar-refractivity contribution in [2.45, 2.75) is 115 Å². The Balaban J connectivity index is 1.35. The van der Waals surface area contributed by atoms with Gasteiger partial charge < -0.3 is 40.1 Å². The van der Waals surface area contributed by atoms with Gasteiger partial charge >= 0.3 is 0 Å². The van der Waals surface area contributed by atoms with Gasteiger partial charge in [-0.05, 0) is 80.0 Å². The molecule has 5 fully saturated rings. The van der Waals surface area contributed by atoms with E-state index >= 15 is 0 Å². The maximum absolute atomic E-state index is 11.1. The molecule has 0 aromatic heterocycles. The van der Waals surface area contributed by atoms with Crippen LogP contribution in [-0.2, 0) is 9.47 Å². The fraction of sp³-hybridized carbons (Fsp3) is 1.00. The number of ether oxygens (including phenoxy) is 2. The summed E-state index contributed by atoms with van der Waals surface area (Å²) in [6.45, 7) is 6.41. The summed E-state index contributed by atoms with van der Waals surface area (Å²) in [5.41, 5.74) is -0.858. The van der Waals surface area contributed by atoms with Gasteiger partial charge in [-0.2, -0.15) is 0 Å². The first kappa shape index (κ1) is 25.3. The molecular weight excluding hydrogens is 440 g/mol. The summed E-state index contributed by atoms with van der Waals surface area (Å²) >= 11 is 0. The average molecular weight is 485 g/mol. The molecule has 4 saturated carbocycles. The van der Waals surface area contributed by atoms with Gasteiger partial charge in [0, 0.05) is 5.92 Å². The Morgan fingerprint density at radius 2 is 1.68 bits per heavy atom. The van der Waals surface area contributed by atoms with Gasteiger partial charge in [0.1, 0.15) is 24.4 Å². The number of hydrogen-bond donors (Lipinski definition) is 6. The van der Waals surface area contributed by atoms with Gasteiger partial charge in [0.15, 0.2) is 6.29 Å². The zero-order chi connectivity index (χ0) is 24.7. The van der Waals surface area contributed by atoms with E-state index in [0.717, 1.165) is 51.4 Å². The first-order chi connectivity index (χ1) is 15.9. The largest absolute Gasteiger partial charge is 0.394 e. The molecule has 1 spiro atoms. The van der Waals surface area contributed by atoms with Crippen LogP contribution in [0.5, 0.6) is 0 Å². The molecule has 1 saturated heterocycles. The minimum atomic E-state index is -1.44. The minimum Gasteiger partial charge on any atom is -0.394 e. The molecule has 5 aliphatic rings. The molecule has 6 N–H and O–H groups in total. The van der Waals surface area contributed by atoms with Crippen LogP contribution in [0.4, 0.5) is 0 Å². The van der Waals surface area contributed by atoms with Crippen LogP contribution in [-0.4, -0.2) is 86.3 Å². The molecule has 13 atom stereocenters. The van der Waals surface area contributed by atoms with Crippen molar-refractivity contribution in [3.63, 3.8) is 0 Å². The standard InChI is InChI=1S/C26H44O8/c1-23(13-33-22-21(31)20(30)19(29)16(11-27)34-22)6-4-7-24(2)17(23)5-8-26-10-14(25(3,32)12-26)15(28)9-18(24)26/h14-22,27-32H,4-13H2,1-3H3. The van der Waals surface area contributed by atoms with Crippen LogP contribution >= 0.6 is 0 Å². The minimum absolute atomic E-state index is 0.0242. The number of fused-ring (bicyclic) bond motifs is 3. The third kappa shape index (κ3) is 3.63. The highest BCUT2D eigenvalue weighted by Gasteiger charge is 2.68. The Hall–Kier alpha value is -0.320. The molecule has 4 aliphatic carbocycles. The molecule has 2 bridgehead atoms. The third-order valence-corrected chi connectivity index (χ3v) is 11.1. The van der Waals surface area contributed by atoms with E-state index in [9.17, 15) is 30.6 Å². The van der Waals surface area contributed by atoms with E-state index in [1.807, 2.05) is 6.92 Å². The SMILES string of the molecule is CC1(O)CC23CCC4C(C)(COC5OC(CO)C(O)C(O)C5O)CCCC4(C)C2CC(O)C1C3. The fourth-order valence-electron chi connectivity index (χ4n) is 9.57. The van der Waals surface area contributed by atoms with Gasteiger partial charge in [0.25, 0.3) is 0 Å². The lowest BCUT2D eigenvalue weighted by atomic mass is 9.41. The molecular formula is C26H44O8. The van der Waals surface area contributed by atoms with E-state index < -0.39 is 49.0 Å².